The van der Waals surface area contributed by atoms with E-state index in [0.29, 0.717) is 0 Å². The van der Waals surface area contributed by atoms with Crippen LogP contribution in [0.2, 0.25) is 0 Å². The van der Waals surface area contributed by atoms with E-state index in [4.69, 9.17) is 0 Å². The van der Waals surface area contributed by atoms with Crippen LogP contribution >= 0.6 is 15.9 Å². The standard InChI is InChI=1S/C10H19BrN2/c11-4-1-5-12-6-8-13(9-7-12)10-2-3-10/h10H,1-9H2. The number of nitrogens with zero attached hydrogens (tertiary/aromatic N) is 2. The van der Waals surface area contributed by atoms with Gasteiger partial charge in [-0.1, -0.05) is 15.9 Å². The van der Waals surface area contributed by atoms with Crippen LogP contribution in [0.25, 0.3) is 0 Å². The lowest BCUT2D eigenvalue weighted by Gasteiger charge is -2.34. The second kappa shape index (κ2) is 4.76. The highest BCUT2D eigenvalue weighted by Crippen LogP contribution is 2.27. The molecule has 0 aromatic carbocycles. The van der Waals surface area contributed by atoms with Crippen LogP contribution in [0.1, 0.15) is 19.3 Å². The van der Waals surface area contributed by atoms with Crippen molar-refractivity contribution >= 4 is 15.9 Å². The monoisotopic (exact) mass is 246 g/mol. The predicted octanol–water partition coefficient (Wildman–Crippen LogP) is 1.55. The molecule has 1 saturated carbocycles. The van der Waals surface area contributed by atoms with E-state index in [-0.39, 0.29) is 0 Å². The van der Waals surface area contributed by atoms with Crippen molar-refractivity contribution in [1.82, 2.24) is 9.80 Å². The molecule has 1 heterocycles. The molecule has 2 rings (SSSR count). The van der Waals surface area contributed by atoms with Crippen LogP contribution in [0, 0.1) is 0 Å². The summed E-state index contributed by atoms with van der Waals surface area (Å²) in [6, 6.07) is 0.971. The summed E-state index contributed by atoms with van der Waals surface area (Å²) in [5.74, 6) is 0. The van der Waals surface area contributed by atoms with E-state index in [9.17, 15) is 0 Å². The van der Waals surface area contributed by atoms with Crippen molar-refractivity contribution in [2.45, 2.75) is 25.3 Å². The Labute approximate surface area is 89.4 Å². The molecule has 1 aliphatic carbocycles. The fraction of sp³-hybridized carbons (Fsp3) is 1.00. The van der Waals surface area contributed by atoms with Gasteiger partial charge in [0, 0.05) is 37.6 Å². The Hall–Kier alpha value is 0.400. The van der Waals surface area contributed by atoms with Gasteiger partial charge in [0.1, 0.15) is 0 Å². The van der Waals surface area contributed by atoms with Gasteiger partial charge in [0.2, 0.25) is 0 Å². The van der Waals surface area contributed by atoms with Gasteiger partial charge in [-0.3, -0.25) is 4.90 Å². The van der Waals surface area contributed by atoms with E-state index in [2.05, 4.69) is 25.7 Å². The minimum absolute atomic E-state index is 0.971. The molecule has 2 aliphatic rings. The van der Waals surface area contributed by atoms with Crippen molar-refractivity contribution in [3.05, 3.63) is 0 Å². The zero-order valence-electron chi connectivity index (χ0n) is 8.21. The molecule has 0 bridgehead atoms. The fourth-order valence-corrected chi connectivity index (χ4v) is 2.33. The third kappa shape index (κ3) is 2.93. The van der Waals surface area contributed by atoms with Crippen molar-refractivity contribution in [1.29, 1.82) is 0 Å². The molecule has 0 spiro atoms. The lowest BCUT2D eigenvalue weighted by molar-refractivity contribution is 0.127. The highest BCUT2D eigenvalue weighted by Gasteiger charge is 2.30. The molecule has 0 N–H and O–H groups in total. The van der Waals surface area contributed by atoms with Crippen molar-refractivity contribution in [3.63, 3.8) is 0 Å². The third-order valence-corrected chi connectivity index (χ3v) is 3.64. The second-order valence-electron chi connectivity index (χ2n) is 4.15. The Balaban J connectivity index is 1.63. The quantitative estimate of drug-likeness (QED) is 0.695. The van der Waals surface area contributed by atoms with E-state index in [1.54, 1.807) is 0 Å². The molecule has 0 radical (unpaired) electrons. The number of hydrogen-bond donors (Lipinski definition) is 0. The first kappa shape index (κ1) is 9.94. The van der Waals surface area contributed by atoms with Gasteiger partial charge < -0.3 is 4.90 Å². The lowest BCUT2D eigenvalue weighted by atomic mass is 10.3. The topological polar surface area (TPSA) is 6.48 Å². The molecule has 0 unspecified atom stereocenters. The zero-order valence-corrected chi connectivity index (χ0v) is 9.80. The van der Waals surface area contributed by atoms with Gasteiger partial charge in [-0.2, -0.15) is 0 Å². The molecule has 13 heavy (non-hydrogen) atoms. The average Bonchev–Trinajstić information content (AvgIpc) is 2.99. The van der Waals surface area contributed by atoms with E-state index in [1.807, 2.05) is 0 Å². The molecule has 1 aliphatic heterocycles. The van der Waals surface area contributed by atoms with Gasteiger partial charge in [-0.15, -0.1) is 0 Å². The normalized spacial score (nSPS) is 26.5. The number of alkyl halides is 1. The molecular weight excluding hydrogens is 228 g/mol. The number of piperazine rings is 1. The van der Waals surface area contributed by atoms with Gasteiger partial charge in [0.25, 0.3) is 0 Å². The van der Waals surface area contributed by atoms with Crippen LogP contribution in [0.4, 0.5) is 0 Å². The summed E-state index contributed by atoms with van der Waals surface area (Å²) in [7, 11) is 0. The average molecular weight is 247 g/mol. The molecule has 0 atom stereocenters. The maximum Gasteiger partial charge on any atom is 0.0113 e. The number of rotatable bonds is 4. The summed E-state index contributed by atoms with van der Waals surface area (Å²) in [6.07, 6.45) is 4.21. The molecule has 2 fully saturated rings. The van der Waals surface area contributed by atoms with Crippen molar-refractivity contribution in [3.8, 4) is 0 Å². The Morgan fingerprint density at radius 1 is 1.08 bits per heavy atom. The summed E-state index contributed by atoms with van der Waals surface area (Å²) in [5, 5.41) is 1.15. The van der Waals surface area contributed by atoms with Gasteiger partial charge >= 0.3 is 0 Å². The maximum absolute atomic E-state index is 3.48. The molecule has 0 aromatic heterocycles. The predicted molar refractivity (Wildman–Crippen MR) is 59.4 cm³/mol. The maximum atomic E-state index is 3.48. The van der Waals surface area contributed by atoms with Crippen molar-refractivity contribution < 1.29 is 0 Å². The molecule has 3 heteroatoms. The van der Waals surface area contributed by atoms with Gasteiger partial charge in [0.05, 0.1) is 0 Å². The Bertz CT molecular complexity index is 151. The minimum Gasteiger partial charge on any atom is -0.301 e. The molecular formula is C10H19BrN2. The van der Waals surface area contributed by atoms with Crippen LogP contribution in [0.5, 0.6) is 0 Å². The first-order valence-corrected chi connectivity index (χ1v) is 6.54. The third-order valence-electron chi connectivity index (χ3n) is 3.08. The summed E-state index contributed by atoms with van der Waals surface area (Å²) in [5.41, 5.74) is 0. The van der Waals surface area contributed by atoms with Crippen LogP contribution in [0.3, 0.4) is 0 Å². The SMILES string of the molecule is BrCCCN1CCN(C2CC2)CC1. The number of hydrogen-bond acceptors (Lipinski definition) is 2. The smallest absolute Gasteiger partial charge is 0.0113 e. The van der Waals surface area contributed by atoms with Gasteiger partial charge in [-0.25, -0.2) is 0 Å². The largest absolute Gasteiger partial charge is 0.301 e. The summed E-state index contributed by atoms with van der Waals surface area (Å²) in [4.78, 5) is 5.27. The summed E-state index contributed by atoms with van der Waals surface area (Å²) < 4.78 is 0. The Morgan fingerprint density at radius 2 is 1.77 bits per heavy atom. The van der Waals surface area contributed by atoms with Crippen LogP contribution in [0.15, 0.2) is 0 Å². The first-order chi connectivity index (χ1) is 6.40. The van der Waals surface area contributed by atoms with E-state index < -0.39 is 0 Å². The van der Waals surface area contributed by atoms with Gasteiger partial charge in [-0.05, 0) is 25.8 Å². The molecule has 1 saturated heterocycles. The van der Waals surface area contributed by atoms with Crippen LogP contribution < -0.4 is 0 Å². The molecule has 76 valence electrons. The fourth-order valence-electron chi connectivity index (χ4n) is 2.08. The second-order valence-corrected chi connectivity index (χ2v) is 4.94. The summed E-state index contributed by atoms with van der Waals surface area (Å²) >= 11 is 3.48. The van der Waals surface area contributed by atoms with Crippen molar-refractivity contribution in [2.75, 3.05) is 38.1 Å². The molecule has 2 nitrogen and oxygen atoms in total. The van der Waals surface area contributed by atoms with E-state index in [1.165, 1.54) is 52.0 Å². The van der Waals surface area contributed by atoms with Crippen LogP contribution in [-0.2, 0) is 0 Å². The molecule has 0 amide bonds. The summed E-state index contributed by atoms with van der Waals surface area (Å²) in [6.45, 7) is 6.50. The van der Waals surface area contributed by atoms with Crippen molar-refractivity contribution in [2.24, 2.45) is 0 Å². The lowest BCUT2D eigenvalue weighted by Crippen LogP contribution is -2.47. The Kier molecular flexibility index (Phi) is 3.64. The number of halogens is 1. The highest BCUT2D eigenvalue weighted by atomic mass is 79.9. The minimum atomic E-state index is 0.971. The molecule has 0 aromatic rings. The van der Waals surface area contributed by atoms with E-state index in [0.717, 1.165) is 11.4 Å². The van der Waals surface area contributed by atoms with Crippen LogP contribution in [-0.4, -0.2) is 53.9 Å². The van der Waals surface area contributed by atoms with Gasteiger partial charge in [0.15, 0.2) is 0 Å². The Morgan fingerprint density at radius 3 is 2.31 bits per heavy atom. The van der Waals surface area contributed by atoms with E-state index >= 15 is 0 Å². The highest BCUT2D eigenvalue weighted by molar-refractivity contribution is 9.09. The first-order valence-electron chi connectivity index (χ1n) is 5.42. The zero-order chi connectivity index (χ0) is 9.10.